The molecule has 1 fully saturated rings. The highest BCUT2D eigenvalue weighted by Crippen LogP contribution is 2.30. The van der Waals surface area contributed by atoms with Crippen molar-refractivity contribution in [2.45, 2.75) is 13.0 Å². The number of hydrogen-bond acceptors (Lipinski definition) is 3. The van der Waals surface area contributed by atoms with Crippen LogP contribution in [0.25, 0.3) is 0 Å². The Morgan fingerprint density at radius 1 is 0.938 bits per heavy atom. The Labute approximate surface area is 194 Å². The van der Waals surface area contributed by atoms with Gasteiger partial charge >= 0.3 is 6.03 Å². The van der Waals surface area contributed by atoms with Crippen LogP contribution in [0.15, 0.2) is 72.8 Å². The summed E-state index contributed by atoms with van der Waals surface area (Å²) in [6, 6.07) is 24.3. The predicted octanol–water partition coefficient (Wildman–Crippen LogP) is 5.60. The number of hydrogen-bond donors (Lipinski definition) is 1. The molecule has 1 N–H and O–H groups in total. The highest BCUT2D eigenvalue weighted by atomic mass is 35.5. The number of amides is 2. The van der Waals surface area contributed by atoms with Crippen molar-refractivity contribution >= 4 is 23.3 Å². The second kappa shape index (κ2) is 10.1. The third-order valence-corrected chi connectivity index (χ3v) is 6.19. The molecule has 1 aliphatic rings. The van der Waals surface area contributed by atoms with Crippen LogP contribution < -0.4 is 10.1 Å². The van der Waals surface area contributed by atoms with Gasteiger partial charge in [0.05, 0.1) is 13.2 Å². The highest BCUT2D eigenvalue weighted by Gasteiger charge is 2.28. The molecule has 0 radical (unpaired) electrons. The van der Waals surface area contributed by atoms with E-state index >= 15 is 0 Å². The molecule has 0 unspecified atom stereocenters. The molecule has 1 saturated heterocycles. The summed E-state index contributed by atoms with van der Waals surface area (Å²) in [6.07, 6.45) is 0. The van der Waals surface area contributed by atoms with E-state index in [1.54, 1.807) is 7.11 Å². The number of urea groups is 1. The number of anilines is 1. The molecular formula is C26H28ClN3O2. The predicted molar refractivity (Wildman–Crippen MR) is 130 cm³/mol. The lowest BCUT2D eigenvalue weighted by Gasteiger charge is -2.39. The molecule has 3 aromatic rings. The first-order chi connectivity index (χ1) is 15.5. The number of aryl methyl sites for hydroxylation is 1. The van der Waals surface area contributed by atoms with E-state index in [1.165, 1.54) is 11.1 Å². The van der Waals surface area contributed by atoms with Gasteiger partial charge in [0.1, 0.15) is 5.75 Å². The van der Waals surface area contributed by atoms with Gasteiger partial charge in [-0.2, -0.15) is 0 Å². The summed E-state index contributed by atoms with van der Waals surface area (Å²) < 4.78 is 5.25. The van der Waals surface area contributed by atoms with E-state index in [-0.39, 0.29) is 12.1 Å². The van der Waals surface area contributed by atoms with E-state index in [1.807, 2.05) is 48.2 Å². The van der Waals surface area contributed by atoms with E-state index in [0.29, 0.717) is 13.1 Å². The van der Waals surface area contributed by atoms with Crippen LogP contribution in [0.1, 0.15) is 22.7 Å². The summed E-state index contributed by atoms with van der Waals surface area (Å²) in [5.41, 5.74) is 4.22. The van der Waals surface area contributed by atoms with Crippen LogP contribution in [-0.2, 0) is 0 Å². The van der Waals surface area contributed by atoms with Crippen molar-refractivity contribution in [2.24, 2.45) is 0 Å². The minimum atomic E-state index is -0.0688. The smallest absolute Gasteiger partial charge is 0.321 e. The number of rotatable bonds is 5. The van der Waals surface area contributed by atoms with Crippen LogP contribution in [0.4, 0.5) is 10.5 Å². The fourth-order valence-electron chi connectivity index (χ4n) is 4.18. The van der Waals surface area contributed by atoms with Gasteiger partial charge in [-0.05, 0) is 53.9 Å². The Kier molecular flexibility index (Phi) is 6.98. The Balaban J connectivity index is 1.45. The van der Waals surface area contributed by atoms with Crippen molar-refractivity contribution in [3.8, 4) is 5.75 Å². The molecule has 0 saturated carbocycles. The summed E-state index contributed by atoms with van der Waals surface area (Å²) in [7, 11) is 1.64. The Morgan fingerprint density at radius 3 is 2.22 bits per heavy atom. The largest absolute Gasteiger partial charge is 0.497 e. The van der Waals surface area contributed by atoms with Crippen LogP contribution >= 0.6 is 11.6 Å². The molecule has 0 bridgehead atoms. The minimum Gasteiger partial charge on any atom is -0.497 e. The summed E-state index contributed by atoms with van der Waals surface area (Å²) in [6.45, 7) is 4.87. The van der Waals surface area contributed by atoms with Crippen molar-refractivity contribution in [3.63, 3.8) is 0 Å². The first kappa shape index (κ1) is 22.2. The van der Waals surface area contributed by atoms with E-state index < -0.39 is 0 Å². The Morgan fingerprint density at radius 2 is 1.59 bits per heavy atom. The molecule has 6 heteroatoms. The number of nitrogens with one attached hydrogen (secondary N) is 1. The third-order valence-electron chi connectivity index (χ3n) is 5.94. The fourth-order valence-corrected chi connectivity index (χ4v) is 4.30. The molecule has 1 heterocycles. The van der Waals surface area contributed by atoms with Crippen molar-refractivity contribution in [1.82, 2.24) is 9.80 Å². The van der Waals surface area contributed by atoms with Crippen molar-refractivity contribution < 1.29 is 9.53 Å². The zero-order valence-electron chi connectivity index (χ0n) is 18.4. The quantitative estimate of drug-likeness (QED) is 0.551. The molecule has 166 valence electrons. The summed E-state index contributed by atoms with van der Waals surface area (Å²) in [5.74, 6) is 0.781. The van der Waals surface area contributed by atoms with E-state index in [4.69, 9.17) is 16.3 Å². The first-order valence-electron chi connectivity index (χ1n) is 10.8. The van der Waals surface area contributed by atoms with Gasteiger partial charge in [-0.15, -0.1) is 0 Å². The number of piperazine rings is 1. The third kappa shape index (κ3) is 5.06. The number of benzene rings is 3. The Bertz CT molecular complexity index is 1050. The SMILES string of the molecule is COc1ccc(NC(=O)N2CCN([C@@H](c3ccccc3)c3ccc(Cl)cc3)CC2)c(C)c1. The molecule has 3 aromatic carbocycles. The van der Waals surface area contributed by atoms with Crippen molar-refractivity contribution in [3.05, 3.63) is 94.5 Å². The molecule has 4 rings (SSSR count). The number of ether oxygens (including phenoxy) is 1. The van der Waals surface area contributed by atoms with Gasteiger partial charge in [0.15, 0.2) is 0 Å². The molecule has 1 atom stereocenters. The van der Waals surface area contributed by atoms with Crippen molar-refractivity contribution in [2.75, 3.05) is 38.6 Å². The van der Waals surface area contributed by atoms with Gasteiger partial charge in [-0.1, -0.05) is 54.1 Å². The van der Waals surface area contributed by atoms with Crippen molar-refractivity contribution in [1.29, 1.82) is 0 Å². The van der Waals surface area contributed by atoms with Gasteiger partial charge < -0.3 is 15.0 Å². The number of methoxy groups -OCH3 is 1. The maximum atomic E-state index is 12.9. The standard InChI is InChI=1S/C26H28ClN3O2/c1-19-18-23(32-2)12-13-24(19)28-26(31)30-16-14-29(15-17-30)25(20-6-4-3-5-7-20)21-8-10-22(27)11-9-21/h3-13,18,25H,14-17H2,1-2H3,(H,28,31)/t25-/m0/s1. The van der Waals surface area contributed by atoms with Gasteiger partial charge in [0.25, 0.3) is 0 Å². The van der Waals surface area contributed by atoms with Gasteiger partial charge in [-0.25, -0.2) is 4.79 Å². The van der Waals surface area contributed by atoms with Gasteiger partial charge in [-0.3, -0.25) is 4.90 Å². The molecule has 0 aromatic heterocycles. The number of carbonyl (C=O) groups is 1. The minimum absolute atomic E-state index is 0.0688. The lowest BCUT2D eigenvalue weighted by Crippen LogP contribution is -2.51. The summed E-state index contributed by atoms with van der Waals surface area (Å²) >= 11 is 6.12. The fraction of sp³-hybridized carbons (Fsp3) is 0.269. The maximum Gasteiger partial charge on any atom is 0.321 e. The summed E-state index contributed by atoms with van der Waals surface area (Å²) in [4.78, 5) is 17.2. The normalized spacial score (nSPS) is 15.3. The maximum absolute atomic E-state index is 12.9. The monoisotopic (exact) mass is 449 g/mol. The average Bonchev–Trinajstić information content (AvgIpc) is 2.83. The topological polar surface area (TPSA) is 44.8 Å². The second-order valence-electron chi connectivity index (χ2n) is 8.00. The number of carbonyl (C=O) groups excluding carboxylic acids is 1. The van der Waals surface area contributed by atoms with Crippen LogP contribution in [-0.4, -0.2) is 49.1 Å². The molecule has 2 amide bonds. The summed E-state index contributed by atoms with van der Waals surface area (Å²) in [5, 5.41) is 3.78. The zero-order chi connectivity index (χ0) is 22.5. The van der Waals surface area contributed by atoms with Gasteiger partial charge in [0.2, 0.25) is 0 Å². The van der Waals surface area contributed by atoms with Crippen LogP contribution in [0.2, 0.25) is 5.02 Å². The van der Waals surface area contributed by atoms with Crippen LogP contribution in [0.3, 0.4) is 0 Å². The molecule has 32 heavy (non-hydrogen) atoms. The number of halogens is 1. The lowest BCUT2D eigenvalue weighted by molar-refractivity contribution is 0.126. The highest BCUT2D eigenvalue weighted by molar-refractivity contribution is 6.30. The zero-order valence-corrected chi connectivity index (χ0v) is 19.2. The van der Waals surface area contributed by atoms with E-state index in [2.05, 4.69) is 46.6 Å². The number of nitrogens with zero attached hydrogens (tertiary/aromatic N) is 2. The van der Waals surface area contributed by atoms with Crippen LogP contribution in [0.5, 0.6) is 5.75 Å². The van der Waals surface area contributed by atoms with Gasteiger partial charge in [0, 0.05) is 36.9 Å². The Hall–Kier alpha value is -3.02. The van der Waals surface area contributed by atoms with E-state index in [9.17, 15) is 4.79 Å². The molecular weight excluding hydrogens is 422 g/mol. The van der Waals surface area contributed by atoms with Crippen LogP contribution in [0, 0.1) is 6.92 Å². The average molecular weight is 450 g/mol. The molecule has 0 spiro atoms. The molecule has 1 aliphatic heterocycles. The molecule has 0 aliphatic carbocycles. The van der Waals surface area contributed by atoms with E-state index in [0.717, 1.165) is 35.1 Å². The first-order valence-corrected chi connectivity index (χ1v) is 11.2. The lowest BCUT2D eigenvalue weighted by atomic mass is 9.96. The molecule has 5 nitrogen and oxygen atoms in total. The second-order valence-corrected chi connectivity index (χ2v) is 8.44.